The molecule has 0 radical (unpaired) electrons. The van der Waals surface area contributed by atoms with Crippen LogP contribution in [0.4, 0.5) is 0 Å². The summed E-state index contributed by atoms with van der Waals surface area (Å²) in [4.78, 5) is 6.86. The molecule has 1 aliphatic heterocycles. The van der Waals surface area contributed by atoms with Gasteiger partial charge >= 0.3 is 0 Å². The van der Waals surface area contributed by atoms with Crippen molar-refractivity contribution < 1.29 is 0 Å². The number of guanidine groups is 1. The van der Waals surface area contributed by atoms with Crippen LogP contribution in [0.3, 0.4) is 0 Å². The van der Waals surface area contributed by atoms with E-state index in [-0.39, 0.29) is 0 Å². The van der Waals surface area contributed by atoms with Crippen LogP contribution in [0.1, 0.15) is 33.1 Å². The van der Waals surface area contributed by atoms with Crippen molar-refractivity contribution in [1.29, 1.82) is 0 Å². The van der Waals surface area contributed by atoms with Gasteiger partial charge in [0.15, 0.2) is 5.96 Å². The Kier molecular flexibility index (Phi) is 2.66. The molecule has 1 saturated carbocycles. The number of aliphatic imine (C=N–C) groups is 1. The molecule has 0 saturated heterocycles. The SMILES string of the molecule is CC1N=C(N(C)CCC2CC2)NC1C. The molecule has 0 bridgehead atoms. The molecule has 1 fully saturated rings. The van der Waals surface area contributed by atoms with E-state index in [1.54, 1.807) is 0 Å². The third-order valence-electron chi connectivity index (χ3n) is 3.34. The van der Waals surface area contributed by atoms with Crippen molar-refractivity contribution in [1.82, 2.24) is 10.2 Å². The Morgan fingerprint density at radius 2 is 2.14 bits per heavy atom. The van der Waals surface area contributed by atoms with Gasteiger partial charge in [0.1, 0.15) is 0 Å². The van der Waals surface area contributed by atoms with E-state index in [1.165, 1.54) is 19.3 Å². The molecule has 1 aliphatic carbocycles. The number of nitrogens with one attached hydrogen (secondary N) is 1. The van der Waals surface area contributed by atoms with Crippen LogP contribution in [0.2, 0.25) is 0 Å². The largest absolute Gasteiger partial charge is 0.352 e. The monoisotopic (exact) mass is 195 g/mol. The third kappa shape index (κ3) is 2.20. The van der Waals surface area contributed by atoms with Crippen molar-refractivity contribution in [3.63, 3.8) is 0 Å². The van der Waals surface area contributed by atoms with E-state index in [0.717, 1.165) is 18.4 Å². The average Bonchev–Trinajstić information content (AvgIpc) is 2.91. The van der Waals surface area contributed by atoms with Gasteiger partial charge in [-0.3, -0.25) is 0 Å². The Hall–Kier alpha value is -0.730. The Morgan fingerprint density at radius 3 is 2.64 bits per heavy atom. The van der Waals surface area contributed by atoms with E-state index in [4.69, 9.17) is 0 Å². The lowest BCUT2D eigenvalue weighted by Crippen LogP contribution is -2.40. The zero-order valence-corrected chi connectivity index (χ0v) is 9.45. The maximum atomic E-state index is 4.60. The van der Waals surface area contributed by atoms with E-state index in [9.17, 15) is 0 Å². The third-order valence-corrected chi connectivity index (χ3v) is 3.34. The topological polar surface area (TPSA) is 27.6 Å². The van der Waals surface area contributed by atoms with Crippen molar-refractivity contribution in [2.75, 3.05) is 13.6 Å². The number of rotatable bonds is 3. The van der Waals surface area contributed by atoms with Crippen LogP contribution in [0.5, 0.6) is 0 Å². The van der Waals surface area contributed by atoms with Gasteiger partial charge < -0.3 is 10.2 Å². The van der Waals surface area contributed by atoms with E-state index in [2.05, 4.69) is 36.1 Å². The molecular weight excluding hydrogens is 174 g/mol. The Bertz CT molecular complexity index is 233. The molecule has 1 heterocycles. The summed E-state index contributed by atoms with van der Waals surface area (Å²) in [6.45, 7) is 5.51. The van der Waals surface area contributed by atoms with Crippen LogP contribution >= 0.6 is 0 Å². The summed E-state index contributed by atoms with van der Waals surface area (Å²) in [5.74, 6) is 2.10. The zero-order valence-electron chi connectivity index (χ0n) is 9.45. The van der Waals surface area contributed by atoms with Crippen LogP contribution in [-0.2, 0) is 0 Å². The maximum absolute atomic E-state index is 4.60. The normalized spacial score (nSPS) is 31.2. The van der Waals surface area contributed by atoms with Crippen LogP contribution in [-0.4, -0.2) is 36.5 Å². The highest BCUT2D eigenvalue weighted by atomic mass is 15.3. The van der Waals surface area contributed by atoms with Crippen molar-refractivity contribution in [2.24, 2.45) is 10.9 Å². The maximum Gasteiger partial charge on any atom is 0.194 e. The molecule has 2 rings (SSSR count). The summed E-state index contributed by atoms with van der Waals surface area (Å²) < 4.78 is 0. The van der Waals surface area contributed by atoms with Crippen molar-refractivity contribution in [2.45, 2.75) is 45.2 Å². The van der Waals surface area contributed by atoms with Crippen LogP contribution in [0, 0.1) is 5.92 Å². The molecule has 2 unspecified atom stereocenters. The van der Waals surface area contributed by atoms with Crippen molar-refractivity contribution in [3.05, 3.63) is 0 Å². The fourth-order valence-electron chi connectivity index (χ4n) is 1.76. The predicted octanol–water partition coefficient (Wildman–Crippen LogP) is 1.45. The van der Waals surface area contributed by atoms with Gasteiger partial charge in [-0.25, -0.2) is 4.99 Å². The summed E-state index contributed by atoms with van der Waals surface area (Å²) in [5.41, 5.74) is 0. The molecule has 0 spiro atoms. The zero-order chi connectivity index (χ0) is 10.1. The first-order valence-corrected chi connectivity index (χ1v) is 5.72. The molecule has 0 aromatic rings. The lowest BCUT2D eigenvalue weighted by molar-refractivity contribution is 0.455. The highest BCUT2D eigenvalue weighted by molar-refractivity contribution is 5.82. The minimum atomic E-state index is 0.424. The van der Waals surface area contributed by atoms with E-state index in [0.29, 0.717) is 12.1 Å². The van der Waals surface area contributed by atoms with Gasteiger partial charge in [-0.05, 0) is 26.2 Å². The van der Waals surface area contributed by atoms with Gasteiger partial charge in [-0.1, -0.05) is 12.8 Å². The number of hydrogen-bond acceptors (Lipinski definition) is 3. The molecule has 2 aliphatic rings. The number of hydrogen-bond donors (Lipinski definition) is 1. The minimum Gasteiger partial charge on any atom is -0.352 e. The molecule has 1 N–H and O–H groups in total. The summed E-state index contributed by atoms with van der Waals surface area (Å²) in [7, 11) is 2.14. The van der Waals surface area contributed by atoms with E-state index in [1.807, 2.05) is 0 Å². The second-order valence-corrected chi connectivity index (χ2v) is 4.78. The molecular formula is C11H21N3. The predicted molar refractivity (Wildman–Crippen MR) is 59.5 cm³/mol. The Balaban J connectivity index is 1.78. The first-order chi connectivity index (χ1) is 6.66. The average molecular weight is 195 g/mol. The summed E-state index contributed by atoms with van der Waals surface area (Å²) >= 11 is 0. The van der Waals surface area contributed by atoms with Crippen LogP contribution in [0.15, 0.2) is 4.99 Å². The summed E-state index contributed by atoms with van der Waals surface area (Å²) in [6.07, 6.45) is 4.22. The minimum absolute atomic E-state index is 0.424. The first-order valence-electron chi connectivity index (χ1n) is 5.72. The Morgan fingerprint density at radius 1 is 1.43 bits per heavy atom. The standard InChI is InChI=1S/C11H21N3/c1-8-9(2)13-11(12-8)14(3)7-6-10-4-5-10/h8-10H,4-7H2,1-3H3,(H,12,13). The van der Waals surface area contributed by atoms with Gasteiger partial charge in [0, 0.05) is 19.6 Å². The van der Waals surface area contributed by atoms with E-state index >= 15 is 0 Å². The fraction of sp³-hybridized carbons (Fsp3) is 0.909. The molecule has 80 valence electrons. The van der Waals surface area contributed by atoms with Gasteiger partial charge in [-0.15, -0.1) is 0 Å². The molecule has 3 heteroatoms. The molecule has 3 nitrogen and oxygen atoms in total. The highest BCUT2D eigenvalue weighted by Gasteiger charge is 2.25. The quantitative estimate of drug-likeness (QED) is 0.738. The summed E-state index contributed by atoms with van der Waals surface area (Å²) in [5, 5.41) is 3.42. The molecule has 2 atom stereocenters. The molecule has 0 amide bonds. The van der Waals surface area contributed by atoms with Gasteiger partial charge in [0.05, 0.1) is 6.04 Å². The van der Waals surface area contributed by atoms with Gasteiger partial charge in [0.2, 0.25) is 0 Å². The smallest absolute Gasteiger partial charge is 0.194 e. The fourth-order valence-corrected chi connectivity index (χ4v) is 1.76. The van der Waals surface area contributed by atoms with E-state index < -0.39 is 0 Å². The van der Waals surface area contributed by atoms with Gasteiger partial charge in [-0.2, -0.15) is 0 Å². The Labute approximate surface area is 86.6 Å². The second-order valence-electron chi connectivity index (χ2n) is 4.78. The van der Waals surface area contributed by atoms with Crippen molar-refractivity contribution in [3.8, 4) is 0 Å². The first kappa shape index (κ1) is 9.81. The molecule has 0 aromatic carbocycles. The van der Waals surface area contributed by atoms with Crippen molar-refractivity contribution >= 4 is 5.96 Å². The number of nitrogens with zero attached hydrogens (tertiary/aromatic N) is 2. The second kappa shape index (κ2) is 3.79. The summed E-state index contributed by atoms with van der Waals surface area (Å²) in [6, 6.07) is 0.918. The molecule has 0 aromatic heterocycles. The lowest BCUT2D eigenvalue weighted by atomic mass is 10.2. The van der Waals surface area contributed by atoms with Crippen LogP contribution < -0.4 is 5.32 Å². The van der Waals surface area contributed by atoms with Crippen LogP contribution in [0.25, 0.3) is 0 Å². The highest BCUT2D eigenvalue weighted by Crippen LogP contribution is 2.32. The van der Waals surface area contributed by atoms with Gasteiger partial charge in [0.25, 0.3) is 0 Å². The lowest BCUT2D eigenvalue weighted by Gasteiger charge is -2.19. The molecule has 14 heavy (non-hydrogen) atoms.